The van der Waals surface area contributed by atoms with E-state index in [0.29, 0.717) is 5.75 Å². The fraction of sp³-hybridized carbons (Fsp3) is 0.385. The summed E-state index contributed by atoms with van der Waals surface area (Å²) < 4.78 is 10.5. The van der Waals surface area contributed by atoms with Crippen molar-refractivity contribution in [1.29, 1.82) is 0 Å². The Kier molecular flexibility index (Phi) is 5.17. The van der Waals surface area contributed by atoms with Gasteiger partial charge in [0.15, 0.2) is 6.10 Å². The number of hydrogen-bond acceptors (Lipinski definition) is 4. The molecule has 1 amide bonds. The molecule has 1 unspecified atom stereocenters. The number of nitrogens with one attached hydrogen (secondary N) is 1. The molecule has 0 aliphatic carbocycles. The first kappa shape index (κ1) is 14.0. The van der Waals surface area contributed by atoms with Crippen molar-refractivity contribution in [3.8, 4) is 11.5 Å². The summed E-state index contributed by atoms with van der Waals surface area (Å²) in [7, 11) is 1.59. The number of methoxy groups -OCH3 is 1. The van der Waals surface area contributed by atoms with Gasteiger partial charge in [0.05, 0.1) is 7.11 Å². The number of carbonyl (C=O) groups is 1. The molecule has 0 heterocycles. The summed E-state index contributed by atoms with van der Waals surface area (Å²) in [6, 6.07) is 7.04. The molecular formula is C13H18N2O3. The zero-order valence-electron chi connectivity index (χ0n) is 11.1. The maximum atomic E-state index is 11.6. The molecule has 5 nitrogen and oxygen atoms in total. The number of rotatable bonds is 5. The van der Waals surface area contributed by atoms with Gasteiger partial charge in [-0.15, -0.1) is 0 Å². The molecular weight excluding hydrogens is 232 g/mol. The van der Waals surface area contributed by atoms with E-state index < -0.39 is 6.10 Å². The summed E-state index contributed by atoms with van der Waals surface area (Å²) in [5, 5.41) is 3.83. The second-order valence-electron chi connectivity index (χ2n) is 3.97. The van der Waals surface area contributed by atoms with E-state index in [9.17, 15) is 4.79 Å². The van der Waals surface area contributed by atoms with Crippen LogP contribution in [0.2, 0.25) is 0 Å². The molecule has 0 saturated heterocycles. The molecule has 1 aromatic carbocycles. The summed E-state index contributed by atoms with van der Waals surface area (Å²) in [6.45, 7) is 5.27. The molecule has 18 heavy (non-hydrogen) atoms. The Hall–Kier alpha value is -2.04. The van der Waals surface area contributed by atoms with E-state index in [1.165, 1.54) is 0 Å². The first-order valence-electron chi connectivity index (χ1n) is 5.64. The Balaban J connectivity index is 2.55. The van der Waals surface area contributed by atoms with E-state index in [0.717, 1.165) is 11.5 Å². The lowest BCUT2D eigenvalue weighted by Crippen LogP contribution is -2.33. The SMILES string of the molecule is COc1ccc(OC(C)C(=O)NN=C(C)C)cc1. The van der Waals surface area contributed by atoms with Crippen LogP contribution in [0.5, 0.6) is 11.5 Å². The number of carbonyl (C=O) groups excluding carboxylic acids is 1. The van der Waals surface area contributed by atoms with Crippen molar-refractivity contribution >= 4 is 11.6 Å². The third kappa shape index (κ3) is 4.45. The highest BCUT2D eigenvalue weighted by molar-refractivity contribution is 5.84. The Morgan fingerprint density at radius 3 is 2.28 bits per heavy atom. The quantitative estimate of drug-likeness (QED) is 0.642. The monoisotopic (exact) mass is 250 g/mol. The molecule has 1 rings (SSSR count). The first-order valence-corrected chi connectivity index (χ1v) is 5.64. The van der Waals surface area contributed by atoms with Gasteiger partial charge in [0, 0.05) is 5.71 Å². The molecule has 1 aromatic rings. The zero-order valence-corrected chi connectivity index (χ0v) is 11.1. The lowest BCUT2D eigenvalue weighted by Gasteiger charge is -2.13. The summed E-state index contributed by atoms with van der Waals surface area (Å²) in [5.41, 5.74) is 3.20. The number of nitrogens with zero attached hydrogens (tertiary/aromatic N) is 1. The van der Waals surface area contributed by atoms with Gasteiger partial charge in [0.25, 0.3) is 5.91 Å². The maximum Gasteiger partial charge on any atom is 0.280 e. The highest BCUT2D eigenvalue weighted by Gasteiger charge is 2.13. The van der Waals surface area contributed by atoms with Crippen LogP contribution in [0.3, 0.4) is 0 Å². The number of ether oxygens (including phenoxy) is 2. The minimum atomic E-state index is -0.610. The fourth-order valence-electron chi connectivity index (χ4n) is 1.17. The third-order valence-electron chi connectivity index (χ3n) is 2.13. The van der Waals surface area contributed by atoms with Crippen LogP contribution in [-0.2, 0) is 4.79 Å². The van der Waals surface area contributed by atoms with Crippen molar-refractivity contribution in [2.75, 3.05) is 7.11 Å². The smallest absolute Gasteiger partial charge is 0.280 e. The van der Waals surface area contributed by atoms with E-state index in [-0.39, 0.29) is 5.91 Å². The van der Waals surface area contributed by atoms with Crippen LogP contribution in [0.1, 0.15) is 20.8 Å². The average Bonchev–Trinajstić information content (AvgIpc) is 2.36. The molecule has 0 aliphatic heterocycles. The van der Waals surface area contributed by atoms with Gasteiger partial charge >= 0.3 is 0 Å². The zero-order chi connectivity index (χ0) is 13.5. The second-order valence-corrected chi connectivity index (χ2v) is 3.97. The van der Waals surface area contributed by atoms with Crippen molar-refractivity contribution in [2.45, 2.75) is 26.9 Å². The van der Waals surface area contributed by atoms with Crippen molar-refractivity contribution in [3.05, 3.63) is 24.3 Å². The van der Waals surface area contributed by atoms with E-state index in [1.807, 2.05) is 0 Å². The molecule has 5 heteroatoms. The van der Waals surface area contributed by atoms with Gasteiger partial charge in [-0.25, -0.2) is 5.43 Å². The molecule has 0 spiro atoms. The van der Waals surface area contributed by atoms with Crippen LogP contribution in [0.25, 0.3) is 0 Å². The minimum Gasteiger partial charge on any atom is -0.497 e. The maximum absolute atomic E-state index is 11.6. The van der Waals surface area contributed by atoms with Crippen molar-refractivity contribution in [2.24, 2.45) is 5.10 Å². The highest BCUT2D eigenvalue weighted by Crippen LogP contribution is 2.18. The Morgan fingerprint density at radius 1 is 1.22 bits per heavy atom. The molecule has 0 aliphatic rings. The normalized spacial score (nSPS) is 11.3. The largest absolute Gasteiger partial charge is 0.497 e. The van der Waals surface area contributed by atoms with Crippen molar-refractivity contribution < 1.29 is 14.3 Å². The standard InChI is InChI=1S/C13H18N2O3/c1-9(2)14-15-13(16)10(3)18-12-7-5-11(17-4)6-8-12/h5-8,10H,1-4H3,(H,15,16). The number of hydrazone groups is 1. The van der Waals surface area contributed by atoms with Crippen LogP contribution in [0.4, 0.5) is 0 Å². The predicted molar refractivity (Wildman–Crippen MR) is 70.0 cm³/mol. The molecule has 0 saturated carbocycles. The molecule has 1 N–H and O–H groups in total. The second kappa shape index (κ2) is 6.64. The van der Waals surface area contributed by atoms with Gasteiger partial charge in [0.1, 0.15) is 11.5 Å². The lowest BCUT2D eigenvalue weighted by atomic mass is 10.3. The Bertz CT molecular complexity index is 422. The van der Waals surface area contributed by atoms with Crippen LogP contribution >= 0.6 is 0 Å². The highest BCUT2D eigenvalue weighted by atomic mass is 16.5. The topological polar surface area (TPSA) is 59.9 Å². The van der Waals surface area contributed by atoms with Gasteiger partial charge in [0.2, 0.25) is 0 Å². The Morgan fingerprint density at radius 2 is 1.78 bits per heavy atom. The van der Waals surface area contributed by atoms with Gasteiger partial charge < -0.3 is 9.47 Å². The average molecular weight is 250 g/mol. The summed E-state index contributed by atoms with van der Waals surface area (Å²) in [4.78, 5) is 11.6. The first-order chi connectivity index (χ1) is 8.52. The van der Waals surface area contributed by atoms with Crippen LogP contribution in [0.15, 0.2) is 29.4 Å². The van der Waals surface area contributed by atoms with Crippen molar-refractivity contribution in [1.82, 2.24) is 5.43 Å². The Labute approximate surface area is 107 Å². The minimum absolute atomic E-state index is 0.285. The van der Waals surface area contributed by atoms with E-state index >= 15 is 0 Å². The summed E-state index contributed by atoms with van der Waals surface area (Å²) in [5.74, 6) is 1.06. The molecule has 98 valence electrons. The lowest BCUT2D eigenvalue weighted by molar-refractivity contribution is -0.127. The van der Waals surface area contributed by atoms with E-state index in [2.05, 4.69) is 10.5 Å². The van der Waals surface area contributed by atoms with E-state index in [4.69, 9.17) is 9.47 Å². The molecule has 0 fully saturated rings. The summed E-state index contributed by atoms with van der Waals surface area (Å²) >= 11 is 0. The van der Waals surface area contributed by atoms with Crippen LogP contribution in [0, 0.1) is 0 Å². The number of benzene rings is 1. The van der Waals surface area contributed by atoms with Crippen LogP contribution < -0.4 is 14.9 Å². The fourth-order valence-corrected chi connectivity index (χ4v) is 1.17. The van der Waals surface area contributed by atoms with E-state index in [1.54, 1.807) is 52.1 Å². The van der Waals surface area contributed by atoms with Gasteiger partial charge in [-0.3, -0.25) is 4.79 Å². The number of hydrogen-bond donors (Lipinski definition) is 1. The molecule has 0 aromatic heterocycles. The third-order valence-corrected chi connectivity index (χ3v) is 2.13. The molecule has 0 radical (unpaired) electrons. The van der Waals surface area contributed by atoms with Crippen LogP contribution in [-0.4, -0.2) is 24.8 Å². The molecule has 0 bridgehead atoms. The van der Waals surface area contributed by atoms with Gasteiger partial charge in [-0.05, 0) is 45.0 Å². The van der Waals surface area contributed by atoms with Crippen molar-refractivity contribution in [3.63, 3.8) is 0 Å². The number of amides is 1. The predicted octanol–water partition coefficient (Wildman–Crippen LogP) is 1.97. The molecule has 1 atom stereocenters. The van der Waals surface area contributed by atoms with Gasteiger partial charge in [-0.1, -0.05) is 0 Å². The summed E-state index contributed by atoms with van der Waals surface area (Å²) in [6.07, 6.45) is -0.610. The van der Waals surface area contributed by atoms with Gasteiger partial charge in [-0.2, -0.15) is 5.10 Å².